The van der Waals surface area contributed by atoms with Crippen molar-refractivity contribution in [3.8, 4) is 0 Å². The highest BCUT2D eigenvalue weighted by Gasteiger charge is 2.37. The third-order valence-corrected chi connectivity index (χ3v) is 7.76. The van der Waals surface area contributed by atoms with E-state index in [-0.39, 0.29) is 17.9 Å². The first-order valence-electron chi connectivity index (χ1n) is 14.2. The van der Waals surface area contributed by atoms with Gasteiger partial charge in [-0.25, -0.2) is 4.79 Å². The number of imide groups is 1. The zero-order chi connectivity index (χ0) is 30.3. The summed E-state index contributed by atoms with van der Waals surface area (Å²) in [7, 11) is 1.85. The molecule has 4 amide bonds. The lowest BCUT2D eigenvalue weighted by Crippen LogP contribution is -2.53. The SMILES string of the molecule is CN(Cc1ccccc1)[C@@H](Cc1ccc2ccccc2c1)C(=O)NC(=O)[C@@H]1CCCN1C(=O)Nc1ccccc1[N+](=O)[O-]. The predicted octanol–water partition coefficient (Wildman–Crippen LogP) is 5.13. The number of nitro benzene ring substituents is 1. The van der Waals surface area contributed by atoms with E-state index < -0.39 is 34.9 Å². The molecule has 1 aliphatic rings. The Hall–Kier alpha value is -5.09. The number of hydrogen-bond donors (Lipinski definition) is 2. The minimum Gasteiger partial charge on any atom is -0.312 e. The molecule has 43 heavy (non-hydrogen) atoms. The summed E-state index contributed by atoms with van der Waals surface area (Å²) < 4.78 is 0. The minimum atomic E-state index is -0.882. The van der Waals surface area contributed by atoms with Crippen molar-refractivity contribution >= 4 is 40.0 Å². The molecule has 0 radical (unpaired) electrons. The van der Waals surface area contributed by atoms with Crippen molar-refractivity contribution in [2.75, 3.05) is 18.9 Å². The summed E-state index contributed by atoms with van der Waals surface area (Å²) in [6.45, 7) is 0.779. The minimum absolute atomic E-state index is 0.0395. The number of amides is 4. The smallest absolute Gasteiger partial charge is 0.312 e. The number of anilines is 1. The van der Waals surface area contributed by atoms with Crippen LogP contribution in [-0.2, 0) is 22.6 Å². The van der Waals surface area contributed by atoms with Gasteiger partial charge in [0.15, 0.2) is 0 Å². The van der Waals surface area contributed by atoms with Gasteiger partial charge in [-0.3, -0.25) is 29.9 Å². The molecule has 4 aromatic carbocycles. The van der Waals surface area contributed by atoms with Crippen LogP contribution in [0.3, 0.4) is 0 Å². The van der Waals surface area contributed by atoms with Gasteiger partial charge in [0, 0.05) is 19.2 Å². The van der Waals surface area contributed by atoms with E-state index in [9.17, 15) is 24.5 Å². The summed E-state index contributed by atoms with van der Waals surface area (Å²) in [5, 5.41) is 18.7. The lowest BCUT2D eigenvalue weighted by molar-refractivity contribution is -0.383. The van der Waals surface area contributed by atoms with Crippen LogP contribution in [0.2, 0.25) is 0 Å². The lowest BCUT2D eigenvalue weighted by Gasteiger charge is -2.29. The van der Waals surface area contributed by atoms with Crippen LogP contribution in [0.15, 0.2) is 97.1 Å². The molecule has 1 fully saturated rings. The highest BCUT2D eigenvalue weighted by atomic mass is 16.6. The average molecular weight is 580 g/mol. The zero-order valence-corrected chi connectivity index (χ0v) is 23.8. The highest BCUT2D eigenvalue weighted by Crippen LogP contribution is 2.26. The van der Waals surface area contributed by atoms with E-state index in [2.05, 4.69) is 16.7 Å². The fourth-order valence-corrected chi connectivity index (χ4v) is 5.52. The molecular formula is C33H33N5O5. The number of likely N-dealkylation sites (tertiary alicyclic amines) is 1. The number of fused-ring (bicyclic) bond motifs is 1. The molecule has 4 aromatic rings. The van der Waals surface area contributed by atoms with Crippen LogP contribution in [-0.4, -0.2) is 58.2 Å². The summed E-state index contributed by atoms with van der Waals surface area (Å²) in [5.74, 6) is -1.03. The quantitative estimate of drug-likeness (QED) is 0.209. The topological polar surface area (TPSA) is 125 Å². The van der Waals surface area contributed by atoms with Gasteiger partial charge in [0.1, 0.15) is 11.7 Å². The molecule has 0 bridgehead atoms. The van der Waals surface area contributed by atoms with Gasteiger partial charge < -0.3 is 10.2 Å². The highest BCUT2D eigenvalue weighted by molar-refractivity contribution is 6.02. The number of nitrogens with zero attached hydrogens (tertiary/aromatic N) is 3. The zero-order valence-electron chi connectivity index (χ0n) is 23.8. The van der Waals surface area contributed by atoms with E-state index in [1.165, 1.54) is 23.1 Å². The first-order chi connectivity index (χ1) is 20.8. The molecule has 0 saturated carbocycles. The molecule has 220 valence electrons. The molecule has 10 nitrogen and oxygen atoms in total. The summed E-state index contributed by atoms with van der Waals surface area (Å²) in [6.07, 6.45) is 1.31. The summed E-state index contributed by atoms with van der Waals surface area (Å²) in [4.78, 5) is 54.3. The molecule has 10 heteroatoms. The molecule has 0 aromatic heterocycles. The van der Waals surface area contributed by atoms with Crippen LogP contribution in [0.5, 0.6) is 0 Å². The molecule has 1 heterocycles. The Morgan fingerprint density at radius 1 is 0.930 bits per heavy atom. The van der Waals surface area contributed by atoms with E-state index in [1.807, 2.05) is 78.7 Å². The van der Waals surface area contributed by atoms with Crippen molar-refractivity contribution in [2.24, 2.45) is 0 Å². The van der Waals surface area contributed by atoms with Crippen molar-refractivity contribution in [3.05, 3.63) is 118 Å². The second-order valence-electron chi connectivity index (χ2n) is 10.7. The molecule has 5 rings (SSSR count). The summed E-state index contributed by atoms with van der Waals surface area (Å²) >= 11 is 0. The van der Waals surface area contributed by atoms with Crippen LogP contribution in [0.25, 0.3) is 10.8 Å². The number of benzene rings is 4. The van der Waals surface area contributed by atoms with Crippen LogP contribution >= 0.6 is 0 Å². The number of carbonyl (C=O) groups is 3. The Bertz CT molecular complexity index is 1640. The largest absolute Gasteiger partial charge is 0.322 e. The van der Waals surface area contributed by atoms with E-state index in [1.54, 1.807) is 6.07 Å². The Balaban J connectivity index is 1.32. The molecule has 2 N–H and O–H groups in total. The van der Waals surface area contributed by atoms with E-state index in [0.29, 0.717) is 25.8 Å². The predicted molar refractivity (Wildman–Crippen MR) is 164 cm³/mol. The van der Waals surface area contributed by atoms with Gasteiger partial charge in [0.2, 0.25) is 11.8 Å². The van der Waals surface area contributed by atoms with Gasteiger partial charge in [0.25, 0.3) is 5.69 Å². The van der Waals surface area contributed by atoms with Crippen LogP contribution in [0.1, 0.15) is 24.0 Å². The number of rotatable bonds is 9. The van der Waals surface area contributed by atoms with Gasteiger partial charge in [-0.2, -0.15) is 0 Å². The Labute approximate surface area is 249 Å². The summed E-state index contributed by atoms with van der Waals surface area (Å²) in [5.41, 5.74) is 1.78. The molecule has 1 aliphatic heterocycles. The molecule has 1 saturated heterocycles. The average Bonchev–Trinajstić information content (AvgIpc) is 3.51. The fraction of sp³-hybridized carbons (Fsp3) is 0.242. The van der Waals surface area contributed by atoms with Crippen molar-refractivity contribution < 1.29 is 19.3 Å². The number of hydrogen-bond acceptors (Lipinski definition) is 6. The van der Waals surface area contributed by atoms with Gasteiger partial charge >= 0.3 is 6.03 Å². The second kappa shape index (κ2) is 13.3. The standard InChI is InChI=1S/C33H33N5O5/c1-36(22-23-10-3-2-4-11-23)30(21-24-17-18-25-12-5-6-13-26(25)20-24)32(40)35-31(39)29-16-9-19-37(29)33(41)34-27-14-7-8-15-28(27)38(42)43/h2-8,10-15,17-18,20,29-30H,9,16,19,21-22H2,1H3,(H,34,41)(H,35,39,40)/t29-,30-/m0/s1. The normalized spacial score (nSPS) is 15.3. The van der Waals surface area contributed by atoms with Crippen LogP contribution in [0, 0.1) is 10.1 Å². The molecule has 0 unspecified atom stereocenters. The molecular weight excluding hydrogens is 546 g/mol. The molecule has 2 atom stereocenters. The Kier molecular flexibility index (Phi) is 9.07. The number of urea groups is 1. The third kappa shape index (κ3) is 7.04. The Morgan fingerprint density at radius 3 is 2.40 bits per heavy atom. The third-order valence-electron chi connectivity index (χ3n) is 7.76. The first-order valence-corrected chi connectivity index (χ1v) is 14.2. The number of nitrogens with one attached hydrogen (secondary N) is 2. The van der Waals surface area contributed by atoms with E-state index in [4.69, 9.17) is 0 Å². The van der Waals surface area contributed by atoms with E-state index in [0.717, 1.165) is 21.9 Å². The second-order valence-corrected chi connectivity index (χ2v) is 10.7. The maximum absolute atomic E-state index is 13.7. The Morgan fingerprint density at radius 2 is 1.63 bits per heavy atom. The number of likely N-dealkylation sites (N-methyl/N-ethyl adjacent to an activating group) is 1. The van der Waals surface area contributed by atoms with Crippen molar-refractivity contribution in [2.45, 2.75) is 37.9 Å². The van der Waals surface area contributed by atoms with Gasteiger partial charge in [-0.15, -0.1) is 0 Å². The number of nitro groups is 1. The molecule has 0 aliphatic carbocycles. The van der Waals surface area contributed by atoms with Gasteiger partial charge in [-0.05, 0) is 54.3 Å². The number of para-hydroxylation sites is 2. The maximum Gasteiger partial charge on any atom is 0.322 e. The number of carbonyl (C=O) groups excluding carboxylic acids is 3. The van der Waals surface area contributed by atoms with Gasteiger partial charge in [-0.1, -0.05) is 84.9 Å². The van der Waals surface area contributed by atoms with Crippen molar-refractivity contribution in [3.63, 3.8) is 0 Å². The van der Waals surface area contributed by atoms with Gasteiger partial charge in [0.05, 0.1) is 11.0 Å². The van der Waals surface area contributed by atoms with E-state index >= 15 is 0 Å². The maximum atomic E-state index is 13.7. The van der Waals surface area contributed by atoms with Crippen molar-refractivity contribution in [1.82, 2.24) is 15.1 Å². The fourth-order valence-electron chi connectivity index (χ4n) is 5.52. The monoisotopic (exact) mass is 579 g/mol. The van der Waals surface area contributed by atoms with Crippen molar-refractivity contribution in [1.29, 1.82) is 0 Å². The van der Waals surface area contributed by atoms with Crippen LogP contribution in [0.4, 0.5) is 16.2 Å². The first kappa shape index (κ1) is 29.4. The van der Waals surface area contributed by atoms with Crippen LogP contribution < -0.4 is 10.6 Å². The summed E-state index contributed by atoms with van der Waals surface area (Å²) in [6, 6.07) is 27.5. The molecule has 0 spiro atoms. The lowest BCUT2D eigenvalue weighted by atomic mass is 10.00.